The lowest BCUT2D eigenvalue weighted by Crippen LogP contribution is -2.09. The first-order valence-corrected chi connectivity index (χ1v) is 4.17. The zero-order valence-corrected chi connectivity index (χ0v) is 6.30. The molecule has 52 valence electrons. The molecule has 0 saturated heterocycles. The molecule has 9 heavy (non-hydrogen) atoms. The Balaban J connectivity index is 4.07. The van der Waals surface area contributed by atoms with Crippen LogP contribution < -0.4 is 0 Å². The monoisotopic (exact) mass is 148 g/mol. The third-order valence-corrected chi connectivity index (χ3v) is 2.71. The molecule has 0 aliphatic heterocycles. The average Bonchev–Trinajstić information content (AvgIpc) is 1.65. The molecule has 0 rings (SSSR count). The van der Waals surface area contributed by atoms with E-state index < -0.39 is 7.52 Å². The number of rotatable bonds is 2. The van der Waals surface area contributed by atoms with E-state index in [1.165, 1.54) is 14.1 Å². The van der Waals surface area contributed by atoms with Crippen molar-refractivity contribution in [3.8, 4) is 6.07 Å². The van der Waals surface area contributed by atoms with Crippen molar-refractivity contribution in [2.75, 3.05) is 20.3 Å². The molecular formula is C4H9N2O2P. The fourth-order valence-electron chi connectivity index (χ4n) is 0.234. The second-order valence-electron chi connectivity index (χ2n) is 1.83. The van der Waals surface area contributed by atoms with Gasteiger partial charge in [0.25, 0.3) is 7.52 Å². The Morgan fingerprint density at radius 1 is 1.78 bits per heavy atom. The molecule has 1 unspecified atom stereocenters. The lowest BCUT2D eigenvalue weighted by Gasteiger charge is -2.14. The summed E-state index contributed by atoms with van der Waals surface area (Å²) in [5, 5.41) is 8.04. The van der Waals surface area contributed by atoms with Gasteiger partial charge in [0.05, 0.1) is 6.07 Å². The van der Waals surface area contributed by atoms with E-state index in [4.69, 9.17) is 10.2 Å². The van der Waals surface area contributed by atoms with Crippen LogP contribution in [0.3, 0.4) is 0 Å². The quantitative estimate of drug-likeness (QED) is 0.570. The minimum atomic E-state index is -3.29. The molecule has 0 amide bonds. The molecule has 0 radical (unpaired) electrons. The summed E-state index contributed by atoms with van der Waals surface area (Å²) in [5.41, 5.74) is 0. The first kappa shape index (κ1) is 8.64. The molecule has 1 N–H and O–H groups in total. The van der Waals surface area contributed by atoms with Crippen LogP contribution in [0.25, 0.3) is 0 Å². The van der Waals surface area contributed by atoms with E-state index in [2.05, 4.69) is 0 Å². The van der Waals surface area contributed by atoms with Gasteiger partial charge in [0.2, 0.25) is 0 Å². The molecule has 0 bridgehead atoms. The first-order chi connectivity index (χ1) is 4.00. The highest BCUT2D eigenvalue weighted by Gasteiger charge is 2.19. The summed E-state index contributed by atoms with van der Waals surface area (Å²) in [6, 6.07) is 1.63. The van der Waals surface area contributed by atoms with Crippen LogP contribution in [0.4, 0.5) is 0 Å². The lowest BCUT2D eigenvalue weighted by molar-refractivity contribution is 0.414. The van der Waals surface area contributed by atoms with Crippen molar-refractivity contribution in [1.29, 1.82) is 5.26 Å². The predicted molar refractivity (Wildman–Crippen MR) is 34.0 cm³/mol. The molecule has 5 heteroatoms. The molecule has 0 spiro atoms. The van der Waals surface area contributed by atoms with Crippen LogP contribution in [-0.4, -0.2) is 29.8 Å². The number of hydrogen-bond acceptors (Lipinski definition) is 2. The van der Waals surface area contributed by atoms with Crippen molar-refractivity contribution in [1.82, 2.24) is 4.67 Å². The van der Waals surface area contributed by atoms with E-state index in [-0.39, 0.29) is 6.16 Å². The summed E-state index contributed by atoms with van der Waals surface area (Å²) in [5.74, 6) is 0. The van der Waals surface area contributed by atoms with Gasteiger partial charge >= 0.3 is 0 Å². The molecule has 0 aliphatic rings. The zero-order valence-electron chi connectivity index (χ0n) is 5.40. The summed E-state index contributed by atoms with van der Waals surface area (Å²) in [7, 11) is -0.352. The van der Waals surface area contributed by atoms with E-state index in [1.807, 2.05) is 0 Å². The Bertz CT molecular complexity index is 172. The second kappa shape index (κ2) is 2.98. The number of hydrogen-bond donors (Lipinski definition) is 1. The van der Waals surface area contributed by atoms with E-state index in [1.54, 1.807) is 6.07 Å². The van der Waals surface area contributed by atoms with E-state index in [9.17, 15) is 4.57 Å². The fourth-order valence-corrected chi connectivity index (χ4v) is 0.701. The Kier molecular flexibility index (Phi) is 2.86. The maximum Gasteiger partial charge on any atom is 0.283 e. The molecule has 1 atom stereocenters. The fraction of sp³-hybridized carbons (Fsp3) is 0.750. The van der Waals surface area contributed by atoms with Gasteiger partial charge in [0, 0.05) is 0 Å². The van der Waals surface area contributed by atoms with Crippen LogP contribution in [0, 0.1) is 11.3 Å². The minimum absolute atomic E-state index is 0.306. The predicted octanol–water partition coefficient (Wildman–Crippen LogP) is 0.257. The molecule has 4 nitrogen and oxygen atoms in total. The first-order valence-electron chi connectivity index (χ1n) is 2.37. The molecule has 0 aromatic rings. The van der Waals surface area contributed by atoms with Gasteiger partial charge in [-0.15, -0.1) is 0 Å². The van der Waals surface area contributed by atoms with Gasteiger partial charge in [-0.2, -0.15) is 5.26 Å². The van der Waals surface area contributed by atoms with Gasteiger partial charge < -0.3 is 4.89 Å². The third-order valence-electron chi connectivity index (χ3n) is 0.902. The highest BCUT2D eigenvalue weighted by Crippen LogP contribution is 2.41. The molecule has 0 fully saturated rings. The van der Waals surface area contributed by atoms with Crippen LogP contribution in [-0.2, 0) is 4.57 Å². The van der Waals surface area contributed by atoms with Crippen molar-refractivity contribution in [3.63, 3.8) is 0 Å². The smallest absolute Gasteiger partial charge is 0.283 e. The Labute approximate surface area is 54.2 Å². The highest BCUT2D eigenvalue weighted by atomic mass is 31.2. The lowest BCUT2D eigenvalue weighted by atomic mass is 10.9. The summed E-state index contributed by atoms with van der Waals surface area (Å²) < 4.78 is 11.9. The Hall–Kier alpha value is -0.360. The van der Waals surface area contributed by atoms with Gasteiger partial charge in [0.15, 0.2) is 0 Å². The van der Waals surface area contributed by atoms with Crippen molar-refractivity contribution in [2.45, 2.75) is 0 Å². The van der Waals surface area contributed by atoms with Crippen LogP contribution in [0.1, 0.15) is 0 Å². The maximum atomic E-state index is 10.8. The van der Waals surface area contributed by atoms with Crippen molar-refractivity contribution < 1.29 is 9.46 Å². The van der Waals surface area contributed by atoms with Crippen molar-refractivity contribution >= 4 is 7.52 Å². The van der Waals surface area contributed by atoms with Crippen LogP contribution in [0.5, 0.6) is 0 Å². The van der Waals surface area contributed by atoms with E-state index in [0.29, 0.717) is 0 Å². The van der Waals surface area contributed by atoms with Crippen molar-refractivity contribution in [2.24, 2.45) is 0 Å². The molecule has 0 aromatic carbocycles. The number of nitriles is 1. The average molecular weight is 148 g/mol. The second-order valence-corrected chi connectivity index (χ2v) is 4.27. The zero-order chi connectivity index (χ0) is 7.49. The summed E-state index contributed by atoms with van der Waals surface area (Å²) >= 11 is 0. The van der Waals surface area contributed by atoms with Gasteiger partial charge in [0.1, 0.15) is 6.16 Å². The summed E-state index contributed by atoms with van der Waals surface area (Å²) in [4.78, 5) is 8.85. The van der Waals surface area contributed by atoms with Crippen molar-refractivity contribution in [3.05, 3.63) is 0 Å². The van der Waals surface area contributed by atoms with Gasteiger partial charge in [-0.1, -0.05) is 0 Å². The number of nitrogens with zero attached hydrogens (tertiary/aromatic N) is 2. The SMILES string of the molecule is CN(C)P(=O)(O)CC#N. The largest absolute Gasteiger partial charge is 0.332 e. The molecular weight excluding hydrogens is 139 g/mol. The van der Waals surface area contributed by atoms with Crippen LogP contribution >= 0.6 is 7.52 Å². The highest BCUT2D eigenvalue weighted by molar-refractivity contribution is 7.55. The molecule has 0 aliphatic carbocycles. The molecule has 0 aromatic heterocycles. The Morgan fingerprint density at radius 3 is 2.33 bits per heavy atom. The van der Waals surface area contributed by atoms with Gasteiger partial charge in [-0.25, -0.2) is 4.67 Å². The topological polar surface area (TPSA) is 64.3 Å². The Morgan fingerprint density at radius 2 is 2.22 bits per heavy atom. The minimum Gasteiger partial charge on any atom is -0.332 e. The summed E-state index contributed by atoms with van der Waals surface area (Å²) in [6.45, 7) is 0. The normalized spacial score (nSPS) is 16.8. The van der Waals surface area contributed by atoms with E-state index >= 15 is 0 Å². The maximum absolute atomic E-state index is 10.8. The van der Waals surface area contributed by atoms with Gasteiger partial charge in [-0.3, -0.25) is 4.57 Å². The van der Waals surface area contributed by atoms with E-state index in [0.717, 1.165) is 4.67 Å². The summed E-state index contributed by atoms with van der Waals surface area (Å²) in [6.07, 6.45) is -0.306. The van der Waals surface area contributed by atoms with Crippen LogP contribution in [0.2, 0.25) is 0 Å². The molecule has 0 saturated carbocycles. The van der Waals surface area contributed by atoms with Gasteiger partial charge in [-0.05, 0) is 14.1 Å². The van der Waals surface area contributed by atoms with Crippen LogP contribution in [0.15, 0.2) is 0 Å². The third kappa shape index (κ3) is 2.62. The molecule has 0 heterocycles. The standard InChI is InChI=1S/C4H9N2O2P/c1-6(2)9(7,8)4-3-5/h4H2,1-2H3,(H,7,8).